The van der Waals surface area contributed by atoms with E-state index in [0.29, 0.717) is 18.7 Å². The predicted molar refractivity (Wildman–Crippen MR) is 127 cm³/mol. The number of amides is 2. The Hall–Kier alpha value is -3.00. The van der Waals surface area contributed by atoms with Crippen molar-refractivity contribution in [3.05, 3.63) is 59.7 Å². The fourth-order valence-corrected chi connectivity index (χ4v) is 5.51. The topological polar surface area (TPSA) is 95.9 Å². The third-order valence-corrected chi connectivity index (χ3v) is 7.45. The summed E-state index contributed by atoms with van der Waals surface area (Å²) in [7, 11) is 0. The Labute approximate surface area is 197 Å². The average Bonchev–Trinajstić information content (AvgIpc) is 3.16. The van der Waals surface area contributed by atoms with Gasteiger partial charge in [-0.3, -0.25) is 9.59 Å². The van der Waals surface area contributed by atoms with Crippen LogP contribution in [-0.2, 0) is 14.3 Å². The summed E-state index contributed by atoms with van der Waals surface area (Å²) in [5.74, 6) is -0.475. The molecule has 7 nitrogen and oxygen atoms in total. The van der Waals surface area contributed by atoms with E-state index in [1.165, 1.54) is 22.9 Å². The highest BCUT2D eigenvalue weighted by molar-refractivity contribution is 8.00. The third-order valence-electron chi connectivity index (χ3n) is 6.27. The summed E-state index contributed by atoms with van der Waals surface area (Å²) >= 11 is 1.35. The molecule has 174 valence electrons. The molecule has 2 amide bonds. The van der Waals surface area contributed by atoms with Crippen molar-refractivity contribution in [3.8, 4) is 11.1 Å². The zero-order valence-electron chi connectivity index (χ0n) is 18.5. The number of fused-ring (bicyclic) bond motifs is 3. The van der Waals surface area contributed by atoms with Crippen molar-refractivity contribution < 1.29 is 24.2 Å². The molecule has 2 aromatic rings. The first-order valence-electron chi connectivity index (χ1n) is 11.2. The molecule has 2 aromatic carbocycles. The van der Waals surface area contributed by atoms with Crippen LogP contribution in [0.2, 0.25) is 0 Å². The van der Waals surface area contributed by atoms with Crippen LogP contribution < -0.4 is 5.32 Å². The maximum Gasteiger partial charge on any atom is 0.407 e. The van der Waals surface area contributed by atoms with Crippen molar-refractivity contribution in [3.63, 3.8) is 0 Å². The van der Waals surface area contributed by atoms with Gasteiger partial charge in [0.15, 0.2) is 0 Å². The van der Waals surface area contributed by atoms with Crippen LogP contribution in [0.5, 0.6) is 0 Å². The molecule has 0 bridgehead atoms. The van der Waals surface area contributed by atoms with Crippen LogP contribution in [-0.4, -0.2) is 64.7 Å². The smallest absolute Gasteiger partial charge is 0.407 e. The first-order chi connectivity index (χ1) is 16.0. The number of benzene rings is 2. The van der Waals surface area contributed by atoms with E-state index in [9.17, 15) is 19.5 Å². The van der Waals surface area contributed by atoms with Gasteiger partial charge in [0.1, 0.15) is 11.9 Å². The van der Waals surface area contributed by atoms with E-state index in [4.69, 9.17) is 4.74 Å². The van der Waals surface area contributed by atoms with Gasteiger partial charge in [-0.1, -0.05) is 55.5 Å². The highest BCUT2D eigenvalue weighted by Gasteiger charge is 2.31. The summed E-state index contributed by atoms with van der Waals surface area (Å²) < 4.78 is 5.59. The molecule has 1 saturated heterocycles. The number of thioether (sulfide) groups is 1. The number of carbonyl (C=O) groups is 3. The number of carboxylic acids is 1. The van der Waals surface area contributed by atoms with Gasteiger partial charge in [0.25, 0.3) is 0 Å². The molecule has 2 aliphatic rings. The van der Waals surface area contributed by atoms with Crippen LogP contribution in [0.15, 0.2) is 48.5 Å². The Kier molecular flexibility index (Phi) is 7.23. The maximum atomic E-state index is 12.7. The first-order valence-corrected chi connectivity index (χ1v) is 12.3. The summed E-state index contributed by atoms with van der Waals surface area (Å²) in [6.45, 7) is 2.83. The van der Waals surface area contributed by atoms with E-state index in [0.717, 1.165) is 11.1 Å². The van der Waals surface area contributed by atoms with Gasteiger partial charge in [0, 0.05) is 37.2 Å². The van der Waals surface area contributed by atoms with E-state index < -0.39 is 17.3 Å². The second kappa shape index (κ2) is 10.3. The lowest BCUT2D eigenvalue weighted by atomic mass is 9.98. The molecular weight excluding hydrogens is 440 g/mol. The van der Waals surface area contributed by atoms with Crippen LogP contribution in [0.3, 0.4) is 0 Å². The Balaban J connectivity index is 1.33. The molecule has 2 atom stereocenters. The molecular formula is C25H28N2O5S. The molecule has 0 spiro atoms. The number of carbonyl (C=O) groups excluding carboxylic acids is 2. The third kappa shape index (κ3) is 5.16. The second-order valence-electron chi connectivity index (χ2n) is 8.32. The monoisotopic (exact) mass is 468 g/mol. The number of rotatable bonds is 7. The number of hydrogen-bond acceptors (Lipinski definition) is 5. The van der Waals surface area contributed by atoms with E-state index in [2.05, 4.69) is 29.6 Å². The molecule has 33 heavy (non-hydrogen) atoms. The molecule has 1 aliphatic carbocycles. The highest BCUT2D eigenvalue weighted by Crippen LogP contribution is 2.44. The minimum atomic E-state index is -0.902. The number of ether oxygens (including phenoxy) is 1. The number of nitrogens with one attached hydrogen (secondary N) is 1. The fraction of sp³-hybridized carbons (Fsp3) is 0.400. The normalized spacial score (nSPS) is 18.2. The Bertz CT molecular complexity index is 997. The van der Waals surface area contributed by atoms with E-state index in [-0.39, 0.29) is 37.4 Å². The molecule has 1 heterocycles. The standard InChI is InChI=1S/C25H28N2O5S/c1-2-16(13-23(28)27-11-12-33-22(14-27)24(29)30)26-25(31)32-15-21-19-9-5-3-7-17(19)18-8-4-6-10-20(18)21/h3-10,16,21-22H,2,11-15H2,1H3,(H,26,31)(H,29,30). The van der Waals surface area contributed by atoms with Crippen molar-refractivity contribution in [2.75, 3.05) is 25.4 Å². The van der Waals surface area contributed by atoms with E-state index >= 15 is 0 Å². The Morgan fingerprint density at radius 2 is 1.76 bits per heavy atom. The fourth-order valence-electron chi connectivity index (χ4n) is 4.47. The molecule has 0 saturated carbocycles. The van der Waals surface area contributed by atoms with Crippen LogP contribution in [0.1, 0.15) is 36.8 Å². The SMILES string of the molecule is CCC(CC(=O)N1CCSC(C(=O)O)C1)NC(=O)OCC1c2ccccc2-c2ccccc21. The van der Waals surface area contributed by atoms with Crippen LogP contribution in [0.4, 0.5) is 4.79 Å². The lowest BCUT2D eigenvalue weighted by molar-refractivity contribution is -0.138. The molecule has 1 fully saturated rings. The molecule has 1 aliphatic heterocycles. The quantitative estimate of drug-likeness (QED) is 0.643. The molecule has 0 aromatic heterocycles. The van der Waals surface area contributed by atoms with Gasteiger partial charge in [0.2, 0.25) is 5.91 Å². The summed E-state index contributed by atoms with van der Waals surface area (Å²) in [5.41, 5.74) is 4.62. The van der Waals surface area contributed by atoms with Gasteiger partial charge in [-0.15, -0.1) is 11.8 Å². The first kappa shape index (κ1) is 23.2. The zero-order valence-corrected chi connectivity index (χ0v) is 19.3. The molecule has 2 N–H and O–H groups in total. The number of aliphatic carboxylic acids is 1. The Morgan fingerprint density at radius 1 is 1.12 bits per heavy atom. The van der Waals surface area contributed by atoms with Crippen molar-refractivity contribution in [1.29, 1.82) is 0 Å². The molecule has 4 rings (SSSR count). The van der Waals surface area contributed by atoms with Gasteiger partial charge < -0.3 is 20.1 Å². The number of hydrogen-bond donors (Lipinski definition) is 2. The number of alkyl carbamates (subject to hydrolysis) is 1. The summed E-state index contributed by atoms with van der Waals surface area (Å²) in [6, 6.07) is 15.9. The zero-order chi connectivity index (χ0) is 23.4. The lowest BCUT2D eigenvalue weighted by Crippen LogP contribution is -2.47. The average molecular weight is 469 g/mol. The Morgan fingerprint density at radius 3 is 2.36 bits per heavy atom. The van der Waals surface area contributed by atoms with Gasteiger partial charge in [-0.2, -0.15) is 0 Å². The lowest BCUT2D eigenvalue weighted by Gasteiger charge is -2.31. The number of nitrogens with zero attached hydrogens (tertiary/aromatic N) is 1. The number of carboxylic acid groups (broad SMARTS) is 1. The van der Waals surface area contributed by atoms with Crippen molar-refractivity contribution in [2.24, 2.45) is 0 Å². The van der Waals surface area contributed by atoms with Crippen molar-refractivity contribution in [1.82, 2.24) is 10.2 Å². The van der Waals surface area contributed by atoms with Crippen LogP contribution >= 0.6 is 11.8 Å². The predicted octanol–water partition coefficient (Wildman–Crippen LogP) is 3.72. The van der Waals surface area contributed by atoms with Crippen LogP contribution in [0.25, 0.3) is 11.1 Å². The van der Waals surface area contributed by atoms with Gasteiger partial charge in [-0.25, -0.2) is 4.79 Å². The molecule has 2 unspecified atom stereocenters. The summed E-state index contributed by atoms with van der Waals surface area (Å²) in [6.07, 6.45) is 0.146. The van der Waals surface area contributed by atoms with Gasteiger partial charge in [0.05, 0.1) is 0 Å². The maximum absolute atomic E-state index is 12.7. The van der Waals surface area contributed by atoms with Crippen LogP contribution in [0, 0.1) is 0 Å². The van der Waals surface area contributed by atoms with Gasteiger partial charge in [-0.05, 0) is 28.7 Å². The van der Waals surface area contributed by atoms with Crippen molar-refractivity contribution >= 4 is 29.7 Å². The largest absolute Gasteiger partial charge is 0.480 e. The summed E-state index contributed by atoms with van der Waals surface area (Å²) in [5, 5.41) is 11.4. The highest BCUT2D eigenvalue weighted by atomic mass is 32.2. The minimum Gasteiger partial charge on any atom is -0.480 e. The van der Waals surface area contributed by atoms with E-state index in [1.54, 1.807) is 4.90 Å². The summed E-state index contributed by atoms with van der Waals surface area (Å²) in [4.78, 5) is 38.1. The minimum absolute atomic E-state index is 0.0244. The van der Waals surface area contributed by atoms with Crippen molar-refractivity contribution in [2.45, 2.75) is 37.0 Å². The van der Waals surface area contributed by atoms with Gasteiger partial charge >= 0.3 is 12.1 Å². The molecule has 8 heteroatoms. The van der Waals surface area contributed by atoms with E-state index in [1.807, 2.05) is 31.2 Å². The second-order valence-corrected chi connectivity index (χ2v) is 9.63. The molecule has 0 radical (unpaired) electrons.